The fraction of sp³-hybridized carbons (Fsp3) is 0.368. The zero-order valence-corrected chi connectivity index (χ0v) is 16.1. The third-order valence-electron chi connectivity index (χ3n) is 5.27. The number of carbonyl (C=O) groups is 2. The van der Waals surface area contributed by atoms with Crippen LogP contribution in [0.25, 0.3) is 9.75 Å². The van der Waals surface area contributed by atoms with Crippen LogP contribution in [0, 0.1) is 0 Å². The maximum Gasteiger partial charge on any atom is 0.339 e. The van der Waals surface area contributed by atoms with Crippen LogP contribution in [0.3, 0.4) is 0 Å². The monoisotopic (exact) mass is 402 g/mol. The Bertz CT molecular complexity index is 877. The molecule has 6 nitrogen and oxygen atoms in total. The van der Waals surface area contributed by atoms with Gasteiger partial charge in [0.1, 0.15) is 6.54 Å². The smallest absolute Gasteiger partial charge is 0.339 e. The van der Waals surface area contributed by atoms with E-state index < -0.39 is 17.8 Å². The molecule has 4 aliphatic rings. The van der Waals surface area contributed by atoms with Crippen LogP contribution in [0.5, 0.6) is 0 Å². The van der Waals surface area contributed by atoms with Gasteiger partial charge < -0.3 is 14.4 Å². The molecule has 1 spiro atoms. The van der Waals surface area contributed by atoms with Gasteiger partial charge in [-0.3, -0.25) is 0 Å². The Kier molecular flexibility index (Phi) is 4.07. The normalized spacial score (nSPS) is 26.6. The lowest BCUT2D eigenvalue weighted by Crippen LogP contribution is -2.58. The molecule has 2 bridgehead atoms. The van der Waals surface area contributed by atoms with Crippen LogP contribution >= 0.6 is 22.7 Å². The number of hydrogen-bond acceptors (Lipinski definition) is 8. The topological polar surface area (TPSA) is 59.1 Å². The average molecular weight is 402 g/mol. The lowest BCUT2D eigenvalue weighted by Gasteiger charge is -2.39. The van der Waals surface area contributed by atoms with E-state index in [-0.39, 0.29) is 0 Å². The van der Waals surface area contributed by atoms with Gasteiger partial charge in [-0.05, 0) is 36.4 Å². The molecule has 0 atom stereocenters. The van der Waals surface area contributed by atoms with Crippen molar-refractivity contribution in [2.75, 3.05) is 24.5 Å². The van der Waals surface area contributed by atoms with Crippen molar-refractivity contribution in [3.05, 3.63) is 41.8 Å². The molecule has 0 radical (unpaired) electrons. The molecule has 0 amide bonds. The second-order valence-electron chi connectivity index (χ2n) is 6.85. The highest BCUT2D eigenvalue weighted by molar-refractivity contribution is 7.23. The molecule has 3 saturated heterocycles. The Morgan fingerprint density at radius 1 is 1.00 bits per heavy atom. The largest absolute Gasteiger partial charge is 0.403 e. The maximum atomic E-state index is 12.1. The van der Waals surface area contributed by atoms with Crippen molar-refractivity contribution in [1.29, 1.82) is 0 Å². The molecule has 4 aliphatic heterocycles. The van der Waals surface area contributed by atoms with Crippen molar-refractivity contribution < 1.29 is 19.1 Å². The lowest BCUT2D eigenvalue weighted by molar-refractivity contribution is -0.274. The molecule has 6 heterocycles. The zero-order chi connectivity index (χ0) is 18.4. The van der Waals surface area contributed by atoms with Crippen molar-refractivity contribution in [1.82, 2.24) is 4.90 Å². The molecule has 8 heteroatoms. The van der Waals surface area contributed by atoms with E-state index in [4.69, 9.17) is 9.47 Å². The predicted molar refractivity (Wildman–Crippen MR) is 104 cm³/mol. The van der Waals surface area contributed by atoms with Gasteiger partial charge >= 0.3 is 17.8 Å². The fourth-order valence-corrected chi connectivity index (χ4v) is 5.90. The number of piperidine rings is 1. The summed E-state index contributed by atoms with van der Waals surface area (Å²) in [6.45, 7) is 1.77. The number of fused-ring (bicyclic) bond motifs is 3. The number of anilines is 1. The van der Waals surface area contributed by atoms with Gasteiger partial charge in [-0.15, -0.1) is 22.7 Å². The number of ether oxygens (including phenoxy) is 2. The summed E-state index contributed by atoms with van der Waals surface area (Å²) in [5.74, 6) is -2.45. The number of hydrogen-bond donors (Lipinski definition) is 0. The summed E-state index contributed by atoms with van der Waals surface area (Å²) in [4.78, 5) is 30.9. The van der Waals surface area contributed by atoms with Gasteiger partial charge in [-0.1, -0.05) is 6.07 Å². The predicted octanol–water partition coefficient (Wildman–Crippen LogP) is 3.07. The minimum atomic E-state index is -1.37. The first-order valence-corrected chi connectivity index (χ1v) is 10.6. The highest BCUT2D eigenvalue weighted by Crippen LogP contribution is 2.41. The molecule has 0 saturated carbocycles. The van der Waals surface area contributed by atoms with Crippen LogP contribution in [0.1, 0.15) is 12.8 Å². The van der Waals surface area contributed by atoms with Crippen LogP contribution in [0.15, 0.2) is 41.8 Å². The van der Waals surface area contributed by atoms with Crippen molar-refractivity contribution in [2.24, 2.45) is 0 Å². The van der Waals surface area contributed by atoms with E-state index in [9.17, 15) is 9.59 Å². The second kappa shape index (κ2) is 6.47. The highest BCUT2D eigenvalue weighted by Gasteiger charge is 2.52. The molecule has 0 unspecified atom stereocenters. The average Bonchev–Trinajstić information content (AvgIpc) is 3.29. The number of rotatable bonds is 2. The summed E-state index contributed by atoms with van der Waals surface area (Å²) < 4.78 is 11.3. The summed E-state index contributed by atoms with van der Waals surface area (Å²) in [5.41, 5.74) is 0. The lowest BCUT2D eigenvalue weighted by atomic mass is 10.1. The van der Waals surface area contributed by atoms with E-state index in [1.807, 2.05) is 11.0 Å². The summed E-state index contributed by atoms with van der Waals surface area (Å²) in [7, 11) is 0. The van der Waals surface area contributed by atoms with Crippen LogP contribution in [-0.4, -0.2) is 48.4 Å². The van der Waals surface area contributed by atoms with Gasteiger partial charge in [0.2, 0.25) is 0 Å². The van der Waals surface area contributed by atoms with Crippen molar-refractivity contribution in [3.63, 3.8) is 0 Å². The first kappa shape index (κ1) is 17.0. The molecule has 0 N–H and O–H groups in total. The van der Waals surface area contributed by atoms with Crippen molar-refractivity contribution in [3.8, 4) is 9.75 Å². The molecule has 140 valence electrons. The maximum absolute atomic E-state index is 12.1. The standard InChI is InChI=1S/C19H18N2O4S2/c22-17-5-6-18(23)25-19(24-17)12-21(13-7-9-20(19)10-8-13)16-4-3-15(27-16)14-2-1-11-26-14/h1-6,11,13H,7-10,12H2. The number of esters is 2. The van der Waals surface area contributed by atoms with Gasteiger partial charge in [0.05, 0.1) is 5.00 Å². The molecular formula is C19H18N2O4S2. The molecule has 0 aliphatic carbocycles. The molecule has 27 heavy (non-hydrogen) atoms. The summed E-state index contributed by atoms with van der Waals surface area (Å²) >= 11 is 3.44. The Hall–Kier alpha value is -2.16. The van der Waals surface area contributed by atoms with Gasteiger partial charge in [-0.2, -0.15) is 0 Å². The Labute approximate surface area is 164 Å². The molecule has 6 rings (SSSR count). The van der Waals surface area contributed by atoms with Crippen LogP contribution in [0.2, 0.25) is 0 Å². The highest BCUT2D eigenvalue weighted by atomic mass is 32.1. The summed E-state index contributed by atoms with van der Waals surface area (Å²) in [6.07, 6.45) is 4.16. The summed E-state index contributed by atoms with van der Waals surface area (Å²) in [6, 6.07) is 8.74. The van der Waals surface area contributed by atoms with E-state index in [0.29, 0.717) is 12.6 Å². The minimum Gasteiger partial charge on any atom is -0.403 e. The van der Waals surface area contributed by atoms with E-state index in [0.717, 1.165) is 43.1 Å². The third kappa shape index (κ3) is 2.97. The summed E-state index contributed by atoms with van der Waals surface area (Å²) in [5, 5.41) is 3.18. The van der Waals surface area contributed by atoms with Gasteiger partial charge in [0.15, 0.2) is 0 Å². The van der Waals surface area contributed by atoms with Gasteiger partial charge in [0, 0.05) is 41.0 Å². The van der Waals surface area contributed by atoms with Crippen molar-refractivity contribution in [2.45, 2.75) is 24.8 Å². The first-order chi connectivity index (χ1) is 13.1. The Balaban J connectivity index is 1.51. The van der Waals surface area contributed by atoms with E-state index in [1.54, 1.807) is 22.7 Å². The van der Waals surface area contributed by atoms with Crippen LogP contribution < -0.4 is 4.90 Å². The van der Waals surface area contributed by atoms with Crippen molar-refractivity contribution >= 4 is 39.6 Å². The minimum absolute atomic E-state index is 0.321. The molecular weight excluding hydrogens is 384 g/mol. The SMILES string of the molecule is O=C1C=CC(=O)OC2(CN(c3ccc(-c4cccs4)s3)C3CCN2CC3)O1. The van der Waals surface area contributed by atoms with E-state index in [1.165, 1.54) is 9.75 Å². The van der Waals surface area contributed by atoms with Gasteiger partial charge in [0.25, 0.3) is 0 Å². The third-order valence-corrected chi connectivity index (χ3v) is 7.46. The number of nitrogens with zero attached hydrogens (tertiary/aromatic N) is 2. The second-order valence-corrected chi connectivity index (χ2v) is 8.86. The molecule has 0 aromatic carbocycles. The van der Waals surface area contributed by atoms with Gasteiger partial charge in [-0.25, -0.2) is 14.5 Å². The molecule has 3 fully saturated rings. The molecule has 2 aromatic heterocycles. The van der Waals surface area contributed by atoms with Crippen LogP contribution in [0.4, 0.5) is 5.00 Å². The van der Waals surface area contributed by atoms with E-state index >= 15 is 0 Å². The van der Waals surface area contributed by atoms with Crippen LogP contribution in [-0.2, 0) is 19.1 Å². The fourth-order valence-electron chi connectivity index (χ4n) is 3.99. The quantitative estimate of drug-likeness (QED) is 0.720. The number of carbonyl (C=O) groups excluding carboxylic acids is 2. The Morgan fingerprint density at radius 2 is 1.74 bits per heavy atom. The first-order valence-electron chi connectivity index (χ1n) is 8.92. The van der Waals surface area contributed by atoms with E-state index in [2.05, 4.69) is 28.5 Å². The number of thiophene rings is 2. The zero-order valence-electron chi connectivity index (χ0n) is 14.5. The molecule has 2 aromatic rings. The Morgan fingerprint density at radius 3 is 2.41 bits per heavy atom.